The molecule has 1 aromatic heterocycles. The summed E-state index contributed by atoms with van der Waals surface area (Å²) < 4.78 is 10.9. The van der Waals surface area contributed by atoms with Crippen molar-refractivity contribution in [1.82, 2.24) is 10.1 Å². The van der Waals surface area contributed by atoms with Gasteiger partial charge in [-0.2, -0.15) is 4.98 Å². The zero-order valence-electron chi connectivity index (χ0n) is 15.8. The van der Waals surface area contributed by atoms with E-state index in [1.165, 1.54) is 0 Å². The summed E-state index contributed by atoms with van der Waals surface area (Å²) >= 11 is 1.66. The average molecular weight is 395 g/mol. The second-order valence-electron chi connectivity index (χ2n) is 6.52. The molecule has 0 spiro atoms. The molecule has 1 fully saturated rings. The minimum Gasteiger partial charge on any atom is -0.494 e. The maximum absolute atomic E-state index is 12.5. The third-order valence-electron chi connectivity index (χ3n) is 4.70. The molecule has 1 aliphatic rings. The van der Waals surface area contributed by atoms with Gasteiger partial charge in [0.25, 0.3) is 0 Å². The van der Waals surface area contributed by atoms with E-state index in [0.29, 0.717) is 31.3 Å². The average Bonchev–Trinajstić information content (AvgIpc) is 3.36. The Morgan fingerprint density at radius 1 is 1.25 bits per heavy atom. The van der Waals surface area contributed by atoms with Gasteiger partial charge in [-0.05, 0) is 55.6 Å². The Kier molecular flexibility index (Phi) is 5.34. The highest BCUT2D eigenvalue weighted by Gasteiger charge is 2.35. The largest absolute Gasteiger partial charge is 0.494 e. The van der Waals surface area contributed by atoms with Crippen LogP contribution in [0.25, 0.3) is 11.4 Å². The van der Waals surface area contributed by atoms with E-state index in [0.717, 1.165) is 21.9 Å². The Hall–Kier alpha value is -2.80. The summed E-state index contributed by atoms with van der Waals surface area (Å²) in [6.07, 6.45) is 2.39. The topological polar surface area (TPSA) is 68.5 Å². The molecule has 144 valence electrons. The van der Waals surface area contributed by atoms with E-state index >= 15 is 0 Å². The minimum atomic E-state index is -0.102. The first-order chi connectivity index (χ1) is 13.7. The Morgan fingerprint density at radius 2 is 2.07 bits per heavy atom. The number of nitrogens with zero attached hydrogens (tertiary/aromatic N) is 3. The van der Waals surface area contributed by atoms with Crippen molar-refractivity contribution in [2.24, 2.45) is 0 Å². The van der Waals surface area contributed by atoms with Gasteiger partial charge in [-0.3, -0.25) is 4.79 Å². The first-order valence-electron chi connectivity index (χ1n) is 9.19. The number of aromatic nitrogens is 2. The number of hydrogen-bond donors (Lipinski definition) is 0. The third kappa shape index (κ3) is 3.75. The third-order valence-corrected chi connectivity index (χ3v) is 5.43. The molecule has 0 N–H and O–H groups in total. The molecule has 0 bridgehead atoms. The Morgan fingerprint density at radius 3 is 2.82 bits per heavy atom. The number of rotatable bonds is 6. The lowest BCUT2D eigenvalue weighted by molar-refractivity contribution is -0.117. The van der Waals surface area contributed by atoms with Gasteiger partial charge in [0.05, 0.1) is 12.5 Å². The monoisotopic (exact) mass is 395 g/mol. The number of ether oxygens (including phenoxy) is 1. The van der Waals surface area contributed by atoms with Crippen LogP contribution in [0.1, 0.15) is 25.2 Å². The van der Waals surface area contributed by atoms with Crippen LogP contribution in [0, 0.1) is 0 Å². The smallest absolute Gasteiger partial charge is 0.232 e. The van der Waals surface area contributed by atoms with Crippen LogP contribution in [0.2, 0.25) is 0 Å². The molecule has 6 nitrogen and oxygen atoms in total. The first-order valence-corrected chi connectivity index (χ1v) is 10.4. The highest BCUT2D eigenvalue weighted by molar-refractivity contribution is 7.98. The van der Waals surface area contributed by atoms with Crippen molar-refractivity contribution < 1.29 is 14.1 Å². The van der Waals surface area contributed by atoms with Crippen molar-refractivity contribution in [3.05, 3.63) is 54.4 Å². The number of benzene rings is 2. The van der Waals surface area contributed by atoms with Crippen LogP contribution in [-0.2, 0) is 4.79 Å². The van der Waals surface area contributed by atoms with E-state index in [1.807, 2.05) is 61.7 Å². The molecule has 1 unspecified atom stereocenters. The molecular weight excluding hydrogens is 374 g/mol. The zero-order valence-corrected chi connectivity index (χ0v) is 16.6. The Labute approximate surface area is 167 Å². The summed E-state index contributed by atoms with van der Waals surface area (Å²) in [4.78, 5) is 20.0. The van der Waals surface area contributed by atoms with Gasteiger partial charge in [0.15, 0.2) is 0 Å². The lowest BCUT2D eigenvalue weighted by Gasteiger charge is -2.16. The fraction of sp³-hybridized carbons (Fsp3) is 0.286. The molecule has 2 aromatic carbocycles. The van der Waals surface area contributed by atoms with Crippen molar-refractivity contribution in [3.8, 4) is 17.1 Å². The number of carbonyl (C=O) groups is 1. The molecule has 1 saturated heterocycles. The molecule has 1 amide bonds. The van der Waals surface area contributed by atoms with Gasteiger partial charge in [0.1, 0.15) is 5.75 Å². The van der Waals surface area contributed by atoms with Crippen LogP contribution in [0.5, 0.6) is 5.75 Å². The number of amides is 1. The molecule has 7 heteroatoms. The van der Waals surface area contributed by atoms with Crippen molar-refractivity contribution in [2.45, 2.75) is 24.2 Å². The van der Waals surface area contributed by atoms with Crippen molar-refractivity contribution in [2.75, 3.05) is 24.3 Å². The predicted molar refractivity (Wildman–Crippen MR) is 109 cm³/mol. The fourth-order valence-corrected chi connectivity index (χ4v) is 3.74. The maximum Gasteiger partial charge on any atom is 0.232 e. The molecule has 2 heterocycles. The molecule has 3 aromatic rings. The maximum atomic E-state index is 12.5. The summed E-state index contributed by atoms with van der Waals surface area (Å²) in [6, 6.07) is 15.6. The van der Waals surface area contributed by atoms with Crippen LogP contribution in [0.15, 0.2) is 57.9 Å². The molecule has 4 rings (SSSR count). The van der Waals surface area contributed by atoms with Crippen LogP contribution in [0.3, 0.4) is 0 Å². The second kappa shape index (κ2) is 8.06. The van der Waals surface area contributed by atoms with Gasteiger partial charge >= 0.3 is 0 Å². The van der Waals surface area contributed by atoms with E-state index in [4.69, 9.17) is 9.26 Å². The van der Waals surface area contributed by atoms with E-state index in [1.54, 1.807) is 16.7 Å². The highest BCUT2D eigenvalue weighted by Crippen LogP contribution is 2.33. The van der Waals surface area contributed by atoms with Crippen LogP contribution in [0.4, 0.5) is 5.69 Å². The summed E-state index contributed by atoms with van der Waals surface area (Å²) in [7, 11) is 0. The molecule has 0 radical (unpaired) electrons. The summed E-state index contributed by atoms with van der Waals surface area (Å²) in [5.41, 5.74) is 1.76. The fourth-order valence-electron chi connectivity index (χ4n) is 3.29. The van der Waals surface area contributed by atoms with E-state index in [2.05, 4.69) is 10.1 Å². The number of thioether (sulfide) groups is 1. The summed E-state index contributed by atoms with van der Waals surface area (Å²) in [5.74, 6) is 1.80. The number of carbonyl (C=O) groups excluding carboxylic acids is 1. The van der Waals surface area contributed by atoms with Gasteiger partial charge in [-0.15, -0.1) is 11.8 Å². The first kappa shape index (κ1) is 18.6. The van der Waals surface area contributed by atoms with Gasteiger partial charge in [0.2, 0.25) is 17.6 Å². The number of hydrogen-bond acceptors (Lipinski definition) is 6. The van der Waals surface area contributed by atoms with E-state index in [9.17, 15) is 4.79 Å². The number of anilines is 1. The molecule has 28 heavy (non-hydrogen) atoms. The lowest BCUT2D eigenvalue weighted by Crippen LogP contribution is -2.24. The second-order valence-corrected chi connectivity index (χ2v) is 7.40. The van der Waals surface area contributed by atoms with Crippen LogP contribution in [-0.4, -0.2) is 35.5 Å². The van der Waals surface area contributed by atoms with Gasteiger partial charge < -0.3 is 14.2 Å². The molecular formula is C21H21N3O3S. The molecule has 0 aliphatic carbocycles. The quantitative estimate of drug-likeness (QED) is 0.577. The standard InChI is InChI=1S/C21H21N3O3S/c1-3-26-17-9-7-14(8-10-17)20-22-21(27-23-20)15-11-19(25)24(13-15)16-5-4-6-18(12-16)28-2/h4-10,12,15H,3,11,13H2,1-2H3. The van der Waals surface area contributed by atoms with Crippen LogP contribution < -0.4 is 9.64 Å². The van der Waals surface area contributed by atoms with Crippen molar-refractivity contribution >= 4 is 23.4 Å². The normalized spacial score (nSPS) is 16.6. The van der Waals surface area contributed by atoms with E-state index < -0.39 is 0 Å². The van der Waals surface area contributed by atoms with Gasteiger partial charge in [-0.25, -0.2) is 0 Å². The lowest BCUT2D eigenvalue weighted by atomic mass is 10.1. The Bertz CT molecular complexity index is 971. The minimum absolute atomic E-state index is 0.0732. The van der Waals surface area contributed by atoms with E-state index in [-0.39, 0.29) is 11.8 Å². The van der Waals surface area contributed by atoms with Gasteiger partial charge in [0, 0.05) is 29.1 Å². The van der Waals surface area contributed by atoms with Crippen molar-refractivity contribution in [1.29, 1.82) is 0 Å². The molecule has 1 atom stereocenters. The van der Waals surface area contributed by atoms with Crippen LogP contribution >= 0.6 is 11.8 Å². The molecule has 1 aliphatic heterocycles. The summed E-state index contributed by atoms with van der Waals surface area (Å²) in [6.45, 7) is 3.11. The van der Waals surface area contributed by atoms with Crippen molar-refractivity contribution in [3.63, 3.8) is 0 Å². The zero-order chi connectivity index (χ0) is 19.5. The predicted octanol–water partition coefficient (Wildman–Crippen LogP) is 4.38. The Balaban J connectivity index is 1.50. The summed E-state index contributed by atoms with van der Waals surface area (Å²) in [5, 5.41) is 4.10. The van der Waals surface area contributed by atoms with Gasteiger partial charge in [-0.1, -0.05) is 11.2 Å². The molecule has 0 saturated carbocycles. The SMILES string of the molecule is CCOc1ccc(-c2noc(C3CC(=O)N(c4cccc(SC)c4)C3)n2)cc1. The highest BCUT2D eigenvalue weighted by atomic mass is 32.2.